The van der Waals surface area contributed by atoms with Crippen LogP contribution in [-0.2, 0) is 10.0 Å². The standard InChI is InChI=1S/C10H10N6O4S/c11-13-7-3-4-8(16(17)18)9(6-7)21(19,20)15-10-2-1-5-12-14-10/h1-6,13H,11H2,(H,14,15). The maximum atomic E-state index is 12.2. The fourth-order valence-electron chi connectivity index (χ4n) is 1.52. The molecule has 2 aromatic rings. The molecule has 0 aliphatic carbocycles. The predicted molar refractivity (Wildman–Crippen MR) is 73.7 cm³/mol. The first-order valence-electron chi connectivity index (χ1n) is 5.49. The first-order chi connectivity index (χ1) is 9.94. The highest BCUT2D eigenvalue weighted by atomic mass is 32.2. The minimum absolute atomic E-state index is 0.0575. The Morgan fingerprint density at radius 1 is 1.29 bits per heavy atom. The summed E-state index contributed by atoms with van der Waals surface area (Å²) < 4.78 is 26.6. The van der Waals surface area contributed by atoms with Crippen molar-refractivity contribution in [2.24, 2.45) is 5.84 Å². The Hall–Kier alpha value is -2.79. The molecule has 2 rings (SSSR count). The third-order valence-corrected chi connectivity index (χ3v) is 3.81. The molecule has 11 heteroatoms. The molecule has 4 N–H and O–H groups in total. The molecule has 0 saturated heterocycles. The van der Waals surface area contributed by atoms with Crippen molar-refractivity contribution in [2.75, 3.05) is 10.1 Å². The van der Waals surface area contributed by atoms with Crippen molar-refractivity contribution in [1.82, 2.24) is 10.2 Å². The number of benzene rings is 1. The molecule has 21 heavy (non-hydrogen) atoms. The van der Waals surface area contributed by atoms with Crippen molar-refractivity contribution in [3.05, 3.63) is 46.6 Å². The molecule has 0 unspecified atom stereocenters. The lowest BCUT2D eigenvalue weighted by Crippen LogP contribution is -2.17. The van der Waals surface area contributed by atoms with Gasteiger partial charge in [-0.05, 0) is 24.3 Å². The minimum atomic E-state index is -4.21. The number of hydrogen-bond acceptors (Lipinski definition) is 8. The Morgan fingerprint density at radius 3 is 2.62 bits per heavy atom. The number of rotatable bonds is 5. The third-order valence-electron chi connectivity index (χ3n) is 2.42. The number of nitro benzene ring substituents is 1. The zero-order chi connectivity index (χ0) is 15.5. The van der Waals surface area contributed by atoms with Crippen molar-refractivity contribution < 1.29 is 13.3 Å². The van der Waals surface area contributed by atoms with Crippen molar-refractivity contribution in [3.8, 4) is 0 Å². The lowest BCUT2D eigenvalue weighted by Gasteiger charge is -2.08. The van der Waals surface area contributed by atoms with Crippen LogP contribution in [0.5, 0.6) is 0 Å². The first-order valence-corrected chi connectivity index (χ1v) is 6.98. The highest BCUT2D eigenvalue weighted by Crippen LogP contribution is 2.27. The SMILES string of the molecule is NNc1ccc([N+](=O)[O-])c(S(=O)(=O)Nc2cccnn2)c1. The van der Waals surface area contributed by atoms with E-state index in [0.717, 1.165) is 12.1 Å². The molecular formula is C10H10N6O4S. The van der Waals surface area contributed by atoms with Gasteiger partial charge in [0, 0.05) is 12.3 Å². The van der Waals surface area contributed by atoms with E-state index in [9.17, 15) is 18.5 Å². The molecule has 1 aromatic carbocycles. The van der Waals surface area contributed by atoms with Gasteiger partial charge in [-0.15, -0.1) is 5.10 Å². The van der Waals surface area contributed by atoms with Crippen LogP contribution in [0.1, 0.15) is 0 Å². The van der Waals surface area contributed by atoms with Gasteiger partial charge in [0.2, 0.25) is 0 Å². The van der Waals surface area contributed by atoms with E-state index in [4.69, 9.17) is 5.84 Å². The topological polar surface area (TPSA) is 153 Å². The highest BCUT2D eigenvalue weighted by Gasteiger charge is 2.26. The van der Waals surface area contributed by atoms with Crippen LogP contribution in [0, 0.1) is 10.1 Å². The summed E-state index contributed by atoms with van der Waals surface area (Å²) >= 11 is 0. The van der Waals surface area contributed by atoms with Crippen LogP contribution in [0.3, 0.4) is 0 Å². The van der Waals surface area contributed by atoms with Crippen LogP contribution in [0.15, 0.2) is 41.4 Å². The van der Waals surface area contributed by atoms with Gasteiger partial charge in [-0.2, -0.15) is 5.10 Å². The maximum Gasteiger partial charge on any atom is 0.290 e. The molecule has 0 atom stereocenters. The van der Waals surface area contributed by atoms with Gasteiger partial charge in [-0.25, -0.2) is 8.42 Å². The largest absolute Gasteiger partial charge is 0.324 e. The lowest BCUT2D eigenvalue weighted by molar-refractivity contribution is -0.387. The number of anilines is 2. The number of nitrogens with two attached hydrogens (primary N) is 1. The normalized spacial score (nSPS) is 10.9. The number of nitro groups is 1. The number of hydrazine groups is 1. The molecule has 0 bridgehead atoms. The average Bonchev–Trinajstić information content (AvgIpc) is 2.47. The molecular weight excluding hydrogens is 300 g/mol. The number of nitrogen functional groups attached to an aromatic ring is 1. The summed E-state index contributed by atoms with van der Waals surface area (Å²) in [6, 6.07) is 6.22. The molecule has 10 nitrogen and oxygen atoms in total. The Bertz CT molecular complexity index is 764. The molecule has 0 radical (unpaired) electrons. The number of nitrogens with zero attached hydrogens (tertiary/aromatic N) is 3. The maximum absolute atomic E-state index is 12.2. The first kappa shape index (κ1) is 14.6. The van der Waals surface area contributed by atoms with Gasteiger partial charge in [-0.1, -0.05) is 0 Å². The number of hydrogen-bond donors (Lipinski definition) is 3. The molecule has 0 fully saturated rings. The number of aromatic nitrogens is 2. The van der Waals surface area contributed by atoms with Crippen molar-refractivity contribution in [3.63, 3.8) is 0 Å². The van der Waals surface area contributed by atoms with Crippen LogP contribution in [0.4, 0.5) is 17.2 Å². The van der Waals surface area contributed by atoms with Gasteiger partial charge in [-0.3, -0.25) is 20.7 Å². The second-order valence-corrected chi connectivity index (χ2v) is 5.45. The second-order valence-electron chi connectivity index (χ2n) is 3.80. The predicted octanol–water partition coefficient (Wildman–Crippen LogP) is 0.471. The molecule has 1 heterocycles. The van der Waals surface area contributed by atoms with E-state index in [2.05, 4.69) is 20.3 Å². The summed E-state index contributed by atoms with van der Waals surface area (Å²) in [4.78, 5) is 9.62. The lowest BCUT2D eigenvalue weighted by atomic mass is 10.3. The Kier molecular flexibility index (Phi) is 3.95. The van der Waals surface area contributed by atoms with Crippen LogP contribution >= 0.6 is 0 Å². The molecule has 110 valence electrons. The van der Waals surface area contributed by atoms with Gasteiger partial charge in [0.05, 0.1) is 10.6 Å². The van der Waals surface area contributed by atoms with E-state index in [1.54, 1.807) is 0 Å². The molecule has 0 aliphatic heterocycles. The minimum Gasteiger partial charge on any atom is -0.324 e. The van der Waals surface area contributed by atoms with E-state index >= 15 is 0 Å². The van der Waals surface area contributed by atoms with Gasteiger partial charge < -0.3 is 5.43 Å². The molecule has 0 saturated carbocycles. The molecule has 1 aromatic heterocycles. The summed E-state index contributed by atoms with van der Waals surface area (Å²) in [6.45, 7) is 0. The van der Waals surface area contributed by atoms with E-state index in [1.165, 1.54) is 24.4 Å². The molecule has 0 amide bonds. The van der Waals surface area contributed by atoms with E-state index < -0.39 is 25.5 Å². The summed E-state index contributed by atoms with van der Waals surface area (Å²) in [7, 11) is -4.21. The summed E-state index contributed by atoms with van der Waals surface area (Å²) in [5.41, 5.74) is 1.86. The van der Waals surface area contributed by atoms with E-state index in [1.807, 2.05) is 0 Å². The number of sulfonamides is 1. The average molecular weight is 310 g/mol. The van der Waals surface area contributed by atoms with Gasteiger partial charge in [0.25, 0.3) is 15.7 Å². The van der Waals surface area contributed by atoms with Gasteiger partial charge in [0.1, 0.15) is 0 Å². The summed E-state index contributed by atoms with van der Waals surface area (Å²) in [6.07, 6.45) is 1.36. The quantitative estimate of drug-likeness (QED) is 0.409. The Morgan fingerprint density at radius 2 is 2.05 bits per heavy atom. The zero-order valence-electron chi connectivity index (χ0n) is 10.4. The second kappa shape index (κ2) is 5.68. The monoisotopic (exact) mass is 310 g/mol. The van der Waals surface area contributed by atoms with Crippen molar-refractivity contribution >= 4 is 27.2 Å². The van der Waals surface area contributed by atoms with Crippen molar-refractivity contribution in [2.45, 2.75) is 4.90 Å². The fourth-order valence-corrected chi connectivity index (χ4v) is 2.71. The van der Waals surface area contributed by atoms with Crippen LogP contribution in [-0.4, -0.2) is 23.5 Å². The zero-order valence-corrected chi connectivity index (χ0v) is 11.2. The van der Waals surface area contributed by atoms with E-state index in [0.29, 0.717) is 0 Å². The smallest absolute Gasteiger partial charge is 0.290 e. The van der Waals surface area contributed by atoms with Gasteiger partial charge in [0.15, 0.2) is 10.7 Å². The Balaban J connectivity index is 2.50. The third kappa shape index (κ3) is 3.21. The van der Waals surface area contributed by atoms with Crippen LogP contribution in [0.25, 0.3) is 0 Å². The highest BCUT2D eigenvalue weighted by molar-refractivity contribution is 7.92. The van der Waals surface area contributed by atoms with E-state index in [-0.39, 0.29) is 11.5 Å². The number of nitrogens with one attached hydrogen (secondary N) is 2. The Labute approximate surface area is 119 Å². The summed E-state index contributed by atoms with van der Waals surface area (Å²) in [5, 5.41) is 18.0. The van der Waals surface area contributed by atoms with Crippen LogP contribution < -0.4 is 16.0 Å². The van der Waals surface area contributed by atoms with Crippen LogP contribution in [0.2, 0.25) is 0 Å². The van der Waals surface area contributed by atoms with Gasteiger partial charge >= 0.3 is 0 Å². The van der Waals surface area contributed by atoms with Crippen molar-refractivity contribution in [1.29, 1.82) is 0 Å². The molecule has 0 aliphatic rings. The fraction of sp³-hybridized carbons (Fsp3) is 0. The summed E-state index contributed by atoms with van der Waals surface area (Å²) in [5.74, 6) is 5.13. The molecule has 0 spiro atoms.